The highest BCUT2D eigenvalue weighted by molar-refractivity contribution is 7.13. The van der Waals surface area contributed by atoms with E-state index >= 15 is 0 Å². The molecule has 1 atom stereocenters. The first-order valence-corrected chi connectivity index (χ1v) is 10.3. The van der Waals surface area contributed by atoms with Gasteiger partial charge in [0, 0.05) is 25.0 Å². The van der Waals surface area contributed by atoms with Crippen LogP contribution in [0.4, 0.5) is 13.2 Å². The molecule has 2 amide bonds. The number of aromatic nitrogens is 3. The van der Waals surface area contributed by atoms with Crippen molar-refractivity contribution in [1.82, 2.24) is 19.7 Å². The molecule has 0 fully saturated rings. The quantitative estimate of drug-likeness (QED) is 0.638. The van der Waals surface area contributed by atoms with Crippen molar-refractivity contribution in [2.24, 2.45) is 12.8 Å². The molecule has 0 saturated carbocycles. The number of hydrogen-bond donors (Lipinski definition) is 1. The maximum atomic E-state index is 13.1. The van der Waals surface area contributed by atoms with E-state index in [2.05, 4.69) is 10.1 Å². The van der Waals surface area contributed by atoms with Crippen molar-refractivity contribution in [1.29, 1.82) is 0 Å². The number of rotatable bonds is 4. The Balaban J connectivity index is 1.61. The van der Waals surface area contributed by atoms with Crippen LogP contribution in [0.2, 0.25) is 0 Å². The molecule has 8 nitrogen and oxygen atoms in total. The highest BCUT2D eigenvalue weighted by atomic mass is 32.1. The van der Waals surface area contributed by atoms with Crippen LogP contribution in [0.5, 0.6) is 0 Å². The molecule has 0 radical (unpaired) electrons. The van der Waals surface area contributed by atoms with Crippen LogP contribution in [0.1, 0.15) is 43.7 Å². The first-order valence-electron chi connectivity index (χ1n) is 9.40. The lowest BCUT2D eigenvalue weighted by atomic mass is 10.0. The lowest BCUT2D eigenvalue weighted by Gasteiger charge is -2.32. The number of pyridine rings is 1. The molecule has 168 valence electrons. The van der Waals surface area contributed by atoms with Crippen molar-refractivity contribution < 1.29 is 27.5 Å². The molecule has 3 aromatic heterocycles. The zero-order valence-corrected chi connectivity index (χ0v) is 17.8. The molecule has 0 aliphatic carbocycles. The van der Waals surface area contributed by atoms with Crippen molar-refractivity contribution in [2.75, 3.05) is 13.7 Å². The minimum absolute atomic E-state index is 0.0588. The molecule has 3 aromatic rings. The summed E-state index contributed by atoms with van der Waals surface area (Å²) < 4.78 is 45.9. The Morgan fingerprint density at radius 3 is 2.78 bits per heavy atom. The minimum atomic E-state index is -4.56. The van der Waals surface area contributed by atoms with E-state index in [9.17, 15) is 22.8 Å². The van der Waals surface area contributed by atoms with Gasteiger partial charge in [-0.3, -0.25) is 14.3 Å². The number of fused-ring (bicyclic) bond motifs is 1. The second kappa shape index (κ2) is 8.02. The lowest BCUT2D eigenvalue weighted by molar-refractivity contribution is -0.141. The van der Waals surface area contributed by atoms with Crippen molar-refractivity contribution in [3.63, 3.8) is 0 Å². The van der Waals surface area contributed by atoms with E-state index in [-0.39, 0.29) is 30.4 Å². The highest BCUT2D eigenvalue weighted by Gasteiger charge is 2.35. The molecule has 0 saturated heterocycles. The normalized spacial score (nSPS) is 16.0. The second-order valence-electron chi connectivity index (χ2n) is 7.27. The van der Waals surface area contributed by atoms with Gasteiger partial charge in [-0.15, -0.1) is 11.3 Å². The van der Waals surface area contributed by atoms with Crippen molar-refractivity contribution in [3.05, 3.63) is 57.9 Å². The Bertz CT molecular complexity index is 1200. The maximum Gasteiger partial charge on any atom is 0.433 e. The fourth-order valence-corrected chi connectivity index (χ4v) is 4.57. The van der Waals surface area contributed by atoms with E-state index in [0.717, 1.165) is 6.07 Å². The van der Waals surface area contributed by atoms with E-state index in [0.29, 0.717) is 21.7 Å². The molecule has 0 aromatic carbocycles. The van der Waals surface area contributed by atoms with E-state index in [4.69, 9.17) is 10.5 Å². The molecular formula is C20H18F3N5O3S. The van der Waals surface area contributed by atoms with Gasteiger partial charge in [-0.05, 0) is 12.1 Å². The average molecular weight is 465 g/mol. The Morgan fingerprint density at radius 1 is 1.34 bits per heavy atom. The molecule has 32 heavy (non-hydrogen) atoms. The fraction of sp³-hybridized carbons (Fsp3) is 0.300. The predicted molar refractivity (Wildman–Crippen MR) is 109 cm³/mol. The summed E-state index contributed by atoms with van der Waals surface area (Å²) in [6, 6.07) is 3.28. The summed E-state index contributed by atoms with van der Waals surface area (Å²) in [5.74, 6) is -0.982. The maximum absolute atomic E-state index is 13.1. The summed E-state index contributed by atoms with van der Waals surface area (Å²) in [5.41, 5.74) is 6.17. The van der Waals surface area contributed by atoms with Crippen LogP contribution in [-0.2, 0) is 24.6 Å². The number of halogens is 3. The number of nitrogens with two attached hydrogens (primary N) is 1. The van der Waals surface area contributed by atoms with Gasteiger partial charge in [-0.2, -0.15) is 18.3 Å². The third-order valence-corrected chi connectivity index (χ3v) is 6.18. The van der Waals surface area contributed by atoms with Crippen LogP contribution < -0.4 is 5.73 Å². The number of likely N-dealkylation sites (N-methyl/N-ethyl adjacent to an activating group) is 1. The van der Waals surface area contributed by atoms with Gasteiger partial charge in [-0.25, -0.2) is 4.98 Å². The van der Waals surface area contributed by atoms with Gasteiger partial charge in [0.05, 0.1) is 52.8 Å². The zero-order chi connectivity index (χ0) is 23.2. The van der Waals surface area contributed by atoms with Gasteiger partial charge in [0.15, 0.2) is 0 Å². The van der Waals surface area contributed by atoms with Gasteiger partial charge >= 0.3 is 6.18 Å². The number of ether oxygens (including phenoxy) is 1. The van der Waals surface area contributed by atoms with Gasteiger partial charge in [-0.1, -0.05) is 6.07 Å². The van der Waals surface area contributed by atoms with Crippen LogP contribution in [0.25, 0.3) is 10.6 Å². The number of alkyl halides is 3. The van der Waals surface area contributed by atoms with Gasteiger partial charge in [0.25, 0.3) is 11.8 Å². The van der Waals surface area contributed by atoms with Crippen molar-refractivity contribution >= 4 is 23.2 Å². The molecule has 4 rings (SSSR count). The molecule has 2 N–H and O–H groups in total. The summed E-state index contributed by atoms with van der Waals surface area (Å²) in [7, 11) is 3.22. The summed E-state index contributed by atoms with van der Waals surface area (Å²) in [6.45, 7) is 0.0730. The number of thiophene rings is 1. The van der Waals surface area contributed by atoms with E-state index in [1.807, 2.05) is 0 Å². The number of carbonyl (C=O) groups excluding carboxylic acids is 2. The van der Waals surface area contributed by atoms with Crippen molar-refractivity contribution in [3.8, 4) is 10.6 Å². The van der Waals surface area contributed by atoms with Crippen LogP contribution >= 0.6 is 11.3 Å². The van der Waals surface area contributed by atoms with Crippen LogP contribution in [0.3, 0.4) is 0 Å². The topological polar surface area (TPSA) is 103 Å². The van der Waals surface area contributed by atoms with Gasteiger partial charge < -0.3 is 15.4 Å². The monoisotopic (exact) mass is 465 g/mol. The Kier molecular flexibility index (Phi) is 5.51. The Hall–Kier alpha value is -3.25. The average Bonchev–Trinajstić information content (AvgIpc) is 3.37. The largest absolute Gasteiger partial charge is 0.433 e. The Labute approximate surface area is 184 Å². The lowest BCUT2D eigenvalue weighted by Crippen LogP contribution is -2.36. The van der Waals surface area contributed by atoms with Crippen LogP contribution in [-0.4, -0.2) is 45.1 Å². The molecule has 12 heteroatoms. The minimum Gasteiger partial charge on any atom is -0.373 e. The van der Waals surface area contributed by atoms with Gasteiger partial charge in [0.2, 0.25) is 0 Å². The Morgan fingerprint density at radius 2 is 2.09 bits per heavy atom. The molecule has 1 aliphatic heterocycles. The summed E-state index contributed by atoms with van der Waals surface area (Å²) in [6.07, 6.45) is -3.20. The summed E-state index contributed by atoms with van der Waals surface area (Å²) in [4.78, 5) is 30.5. The number of nitrogens with zero attached hydrogens (tertiary/aromatic N) is 4. The third-order valence-electron chi connectivity index (χ3n) is 5.25. The summed E-state index contributed by atoms with van der Waals surface area (Å²) in [5, 5.41) is 5.69. The molecular weight excluding hydrogens is 447 g/mol. The van der Waals surface area contributed by atoms with Crippen LogP contribution in [0, 0.1) is 0 Å². The second-order valence-corrected chi connectivity index (χ2v) is 8.18. The zero-order valence-electron chi connectivity index (χ0n) is 17.0. The van der Waals surface area contributed by atoms with E-state index in [1.54, 1.807) is 25.5 Å². The first-order chi connectivity index (χ1) is 15.1. The first kappa shape index (κ1) is 22.0. The molecule has 1 aliphatic rings. The standard InChI is InChI=1S/C20H18F3N5O3S/c1-27(14-8-31-7-13-11(14)3-4-16(26-13)20(21,22)23)19(30)10-5-15(32-9-10)17-12(18(24)29)6-25-28(17)2/h3-6,9,14H,7-8H2,1-2H3,(H2,24,29). The fourth-order valence-electron chi connectivity index (χ4n) is 3.59. The number of hydrogen-bond acceptors (Lipinski definition) is 6. The highest BCUT2D eigenvalue weighted by Crippen LogP contribution is 2.35. The molecule has 0 bridgehead atoms. The number of carbonyl (C=O) groups is 2. The molecule has 4 heterocycles. The number of amides is 2. The molecule has 1 unspecified atom stereocenters. The predicted octanol–water partition coefficient (Wildman–Crippen LogP) is 3.00. The van der Waals surface area contributed by atoms with Crippen molar-refractivity contribution in [2.45, 2.75) is 18.8 Å². The van der Waals surface area contributed by atoms with Gasteiger partial charge in [0.1, 0.15) is 5.69 Å². The third kappa shape index (κ3) is 3.86. The molecule has 0 spiro atoms. The smallest absolute Gasteiger partial charge is 0.373 e. The van der Waals surface area contributed by atoms with Crippen LogP contribution in [0.15, 0.2) is 29.8 Å². The number of primary amides is 1. The number of aryl methyl sites for hydroxylation is 1. The SMILES string of the molecule is CN(C(=O)c1csc(-c2c(C(N)=O)cnn2C)c1)C1COCc2nc(C(F)(F)F)ccc21. The van der Waals surface area contributed by atoms with E-state index in [1.165, 1.54) is 33.2 Å². The van der Waals surface area contributed by atoms with E-state index < -0.39 is 23.8 Å². The summed E-state index contributed by atoms with van der Waals surface area (Å²) >= 11 is 1.25.